The summed E-state index contributed by atoms with van der Waals surface area (Å²) in [6.45, 7) is 1.67. The fraction of sp³-hybridized carbons (Fsp3) is 0.130. The number of halogens is 2. The van der Waals surface area contributed by atoms with Gasteiger partial charge in [0.25, 0.3) is 12.3 Å². The Morgan fingerprint density at radius 2 is 1.97 bits per heavy atom. The Labute approximate surface area is 184 Å². The number of aryl methyl sites for hydroxylation is 1. The summed E-state index contributed by atoms with van der Waals surface area (Å²) in [6.07, 6.45) is -2.71. The Balaban J connectivity index is 1.57. The highest BCUT2D eigenvalue weighted by Crippen LogP contribution is 2.39. The molecule has 0 radical (unpaired) electrons. The zero-order chi connectivity index (χ0) is 22.6. The molecule has 0 saturated heterocycles. The Bertz CT molecular complexity index is 1520. The number of rotatable bonds is 4. The topological polar surface area (TPSA) is 90.4 Å². The summed E-state index contributed by atoms with van der Waals surface area (Å²) in [7, 11) is 1.51. The first-order valence-corrected chi connectivity index (χ1v) is 10.5. The van der Waals surface area contributed by atoms with E-state index in [1.165, 1.54) is 13.2 Å². The molecule has 0 bridgehead atoms. The molecule has 0 aliphatic rings. The van der Waals surface area contributed by atoms with Crippen LogP contribution < -0.4 is 15.8 Å². The van der Waals surface area contributed by atoms with Crippen molar-refractivity contribution in [1.82, 2.24) is 4.98 Å². The van der Waals surface area contributed by atoms with Gasteiger partial charge in [0.05, 0.1) is 18.5 Å². The number of hydrogen-bond acceptors (Lipinski definition) is 6. The largest absolute Gasteiger partial charge is 0.495 e. The van der Waals surface area contributed by atoms with E-state index in [1.807, 2.05) is 24.3 Å². The maximum Gasteiger partial charge on any atom is 0.280 e. The van der Waals surface area contributed by atoms with Crippen LogP contribution in [0.5, 0.6) is 5.75 Å². The number of carbonyl (C=O) groups excluding carboxylic acids is 1. The van der Waals surface area contributed by atoms with Gasteiger partial charge in [-0.2, -0.15) is 0 Å². The number of nitrogens with one attached hydrogen (secondary N) is 1. The van der Waals surface area contributed by atoms with Crippen LogP contribution in [0.1, 0.15) is 27.4 Å². The third kappa shape index (κ3) is 3.13. The lowest BCUT2D eigenvalue weighted by Gasteiger charge is -2.10. The second kappa shape index (κ2) is 7.45. The van der Waals surface area contributed by atoms with Crippen molar-refractivity contribution in [2.45, 2.75) is 13.3 Å². The van der Waals surface area contributed by atoms with Gasteiger partial charge in [0.2, 0.25) is 0 Å². The molecule has 3 aromatic heterocycles. The number of nitrogen functional groups attached to an aromatic ring is 1. The number of hydrogen-bond donors (Lipinski definition) is 2. The third-order valence-corrected chi connectivity index (χ3v) is 6.39. The van der Waals surface area contributed by atoms with Gasteiger partial charge in [-0.25, -0.2) is 13.8 Å². The van der Waals surface area contributed by atoms with Crippen molar-refractivity contribution in [3.05, 3.63) is 58.6 Å². The molecule has 2 aromatic carbocycles. The molecule has 0 spiro atoms. The normalized spacial score (nSPS) is 11.7. The summed E-state index contributed by atoms with van der Waals surface area (Å²) in [5.74, 6) is -0.0383. The first kappa shape index (κ1) is 20.2. The molecule has 9 heteroatoms. The van der Waals surface area contributed by atoms with Crippen molar-refractivity contribution in [3.63, 3.8) is 0 Å². The summed E-state index contributed by atoms with van der Waals surface area (Å²) in [4.78, 5) is 17.5. The molecule has 5 aromatic rings. The predicted molar refractivity (Wildman–Crippen MR) is 122 cm³/mol. The van der Waals surface area contributed by atoms with Crippen LogP contribution in [0.2, 0.25) is 0 Å². The molecule has 0 atom stereocenters. The summed E-state index contributed by atoms with van der Waals surface area (Å²) < 4.78 is 37.6. The molecular formula is C23H17F2N3O3S. The number of furan rings is 1. The molecule has 0 aliphatic heterocycles. The number of anilines is 2. The Morgan fingerprint density at radius 1 is 1.19 bits per heavy atom. The van der Waals surface area contributed by atoms with E-state index in [2.05, 4.69) is 10.3 Å². The van der Waals surface area contributed by atoms with E-state index in [0.29, 0.717) is 32.8 Å². The van der Waals surface area contributed by atoms with Crippen LogP contribution in [0, 0.1) is 6.92 Å². The molecule has 5 rings (SSSR count). The van der Waals surface area contributed by atoms with Crippen molar-refractivity contribution in [3.8, 4) is 5.75 Å². The summed E-state index contributed by atoms with van der Waals surface area (Å²) in [5.41, 5.74) is 8.32. The van der Waals surface area contributed by atoms with E-state index in [1.54, 1.807) is 19.1 Å². The summed E-state index contributed by atoms with van der Waals surface area (Å²) in [6, 6.07) is 12.4. The molecule has 0 unspecified atom stereocenters. The van der Waals surface area contributed by atoms with Crippen molar-refractivity contribution in [2.24, 2.45) is 0 Å². The van der Waals surface area contributed by atoms with Crippen molar-refractivity contribution in [1.29, 1.82) is 0 Å². The van der Waals surface area contributed by atoms with Gasteiger partial charge in [0.15, 0.2) is 0 Å². The van der Waals surface area contributed by atoms with Crippen LogP contribution in [-0.2, 0) is 0 Å². The lowest BCUT2D eigenvalue weighted by molar-refractivity contribution is 0.103. The number of aromatic nitrogens is 1. The van der Waals surface area contributed by atoms with Crippen molar-refractivity contribution >= 4 is 60.8 Å². The molecule has 0 fully saturated rings. The van der Waals surface area contributed by atoms with Gasteiger partial charge < -0.3 is 20.2 Å². The van der Waals surface area contributed by atoms with E-state index in [0.717, 1.165) is 27.7 Å². The highest BCUT2D eigenvalue weighted by Gasteiger charge is 2.22. The Kier molecular flexibility index (Phi) is 4.70. The average Bonchev–Trinajstić information content (AvgIpc) is 3.30. The Hall–Kier alpha value is -3.72. The maximum absolute atomic E-state index is 13.1. The lowest BCUT2D eigenvalue weighted by Crippen LogP contribution is -2.12. The fourth-order valence-corrected chi connectivity index (χ4v) is 4.89. The number of alkyl halides is 2. The zero-order valence-corrected chi connectivity index (χ0v) is 17.8. The number of pyridine rings is 1. The first-order valence-electron chi connectivity index (χ1n) is 9.65. The monoisotopic (exact) mass is 453 g/mol. The quantitative estimate of drug-likeness (QED) is 0.334. The second-order valence-electron chi connectivity index (χ2n) is 7.29. The molecule has 3 heterocycles. The van der Waals surface area contributed by atoms with Gasteiger partial charge >= 0.3 is 0 Å². The number of nitrogens with zero attached hydrogens (tertiary/aromatic N) is 1. The van der Waals surface area contributed by atoms with Gasteiger partial charge in [-0.15, -0.1) is 11.3 Å². The number of amides is 1. The number of para-hydroxylation sites is 1. The number of methoxy groups -OCH3 is 1. The smallest absolute Gasteiger partial charge is 0.280 e. The maximum atomic E-state index is 13.1. The van der Waals surface area contributed by atoms with E-state index < -0.39 is 12.3 Å². The lowest BCUT2D eigenvalue weighted by atomic mass is 10.1. The number of thiophene rings is 1. The Morgan fingerprint density at radius 3 is 2.72 bits per heavy atom. The zero-order valence-electron chi connectivity index (χ0n) is 17.0. The first-order chi connectivity index (χ1) is 15.4. The number of benzene rings is 2. The number of nitrogens with two attached hydrogens (primary N) is 1. The number of ether oxygens (including phenoxy) is 1. The standard InChI is InChI=1S/C23H17F2N3O3S/c1-10-7-14(21(24)25)28-23-18(10)19(26)20(32-23)22(29)27-13-9-16-12(8-17(13)30-2)11-5-3-4-6-15(11)31-16/h3-9,21H,26H2,1-2H3,(H,27,29). The van der Waals surface area contributed by atoms with E-state index in [-0.39, 0.29) is 16.3 Å². The molecule has 162 valence electrons. The minimum atomic E-state index is -2.71. The van der Waals surface area contributed by atoms with Crippen molar-refractivity contribution in [2.75, 3.05) is 18.2 Å². The molecular weight excluding hydrogens is 436 g/mol. The van der Waals surface area contributed by atoms with Crippen LogP contribution in [0.4, 0.5) is 20.2 Å². The molecule has 6 nitrogen and oxygen atoms in total. The highest BCUT2D eigenvalue weighted by atomic mass is 32.1. The van der Waals surface area contributed by atoms with Gasteiger partial charge in [-0.3, -0.25) is 4.79 Å². The van der Waals surface area contributed by atoms with Gasteiger partial charge in [0, 0.05) is 22.2 Å². The highest BCUT2D eigenvalue weighted by molar-refractivity contribution is 7.21. The van der Waals surface area contributed by atoms with Crippen LogP contribution in [0.3, 0.4) is 0 Å². The molecule has 0 saturated carbocycles. The van der Waals surface area contributed by atoms with E-state index in [9.17, 15) is 13.6 Å². The number of carbonyl (C=O) groups is 1. The second-order valence-corrected chi connectivity index (χ2v) is 8.29. The van der Waals surface area contributed by atoms with Gasteiger partial charge in [0.1, 0.15) is 32.3 Å². The molecule has 32 heavy (non-hydrogen) atoms. The van der Waals surface area contributed by atoms with Gasteiger partial charge in [-0.1, -0.05) is 18.2 Å². The SMILES string of the molecule is COc1cc2c(cc1NC(=O)c1sc3nc(C(F)F)cc(C)c3c1N)oc1ccccc12. The van der Waals surface area contributed by atoms with Gasteiger partial charge in [-0.05, 0) is 30.7 Å². The van der Waals surface area contributed by atoms with Crippen LogP contribution in [-0.4, -0.2) is 18.0 Å². The fourth-order valence-electron chi connectivity index (χ4n) is 3.81. The van der Waals surface area contributed by atoms with Crippen LogP contribution in [0.15, 0.2) is 46.9 Å². The third-order valence-electron chi connectivity index (χ3n) is 5.29. The van der Waals surface area contributed by atoms with Crippen LogP contribution in [0.25, 0.3) is 32.2 Å². The van der Waals surface area contributed by atoms with Crippen LogP contribution >= 0.6 is 11.3 Å². The van der Waals surface area contributed by atoms with Crippen molar-refractivity contribution < 1.29 is 22.7 Å². The summed E-state index contributed by atoms with van der Waals surface area (Å²) in [5, 5.41) is 5.10. The minimum Gasteiger partial charge on any atom is -0.495 e. The number of fused-ring (bicyclic) bond motifs is 4. The van der Waals surface area contributed by atoms with E-state index >= 15 is 0 Å². The molecule has 3 N–H and O–H groups in total. The average molecular weight is 453 g/mol. The minimum absolute atomic E-state index is 0.189. The molecule has 0 aliphatic carbocycles. The molecule has 1 amide bonds. The predicted octanol–water partition coefficient (Wildman–Crippen LogP) is 6.28. The summed E-state index contributed by atoms with van der Waals surface area (Å²) >= 11 is 0.972. The van der Waals surface area contributed by atoms with E-state index in [4.69, 9.17) is 14.9 Å².